The molecule has 2 rings (SSSR count). The van der Waals surface area contributed by atoms with Gasteiger partial charge < -0.3 is 15.2 Å². The Kier molecular flexibility index (Phi) is 2.17. The smallest absolute Gasteiger partial charge is 0.265 e. The van der Waals surface area contributed by atoms with Gasteiger partial charge in [-0.1, -0.05) is 30.3 Å². The van der Waals surface area contributed by atoms with Crippen molar-refractivity contribution in [1.29, 1.82) is 0 Å². The molecule has 0 aliphatic heterocycles. The van der Waals surface area contributed by atoms with Crippen molar-refractivity contribution in [3.63, 3.8) is 0 Å². The normalized spacial score (nSPS) is 10.1. The summed E-state index contributed by atoms with van der Waals surface area (Å²) in [6.07, 6.45) is 1.16. The molecule has 0 aliphatic rings. The summed E-state index contributed by atoms with van der Waals surface area (Å²) in [5, 5.41) is 18.6. The number of pyridine rings is 1. The third-order valence-corrected chi connectivity index (χ3v) is 2.10. The van der Waals surface area contributed by atoms with Crippen molar-refractivity contribution in [1.82, 2.24) is 4.98 Å². The predicted molar refractivity (Wildman–Crippen MR) is 55.8 cm³/mol. The molecule has 76 valence electrons. The Labute approximate surface area is 85.5 Å². The number of benzene rings is 1. The minimum absolute atomic E-state index is 0.304. The molecule has 0 amide bonds. The molecular weight excluding hydrogens is 194 g/mol. The fourth-order valence-corrected chi connectivity index (χ4v) is 1.33. The lowest BCUT2D eigenvalue weighted by Gasteiger charge is -2.04. The predicted octanol–water partition coefficient (Wildman–Crippen LogP) is 1.45. The number of rotatable bonds is 1. The Bertz CT molecular complexity index is 531. The van der Waals surface area contributed by atoms with Crippen LogP contribution < -0.4 is 5.43 Å². The molecule has 0 spiro atoms. The first kappa shape index (κ1) is 9.33. The Morgan fingerprint density at radius 2 is 1.73 bits per heavy atom. The van der Waals surface area contributed by atoms with Gasteiger partial charge in [0.05, 0.1) is 5.69 Å². The molecule has 0 bridgehead atoms. The maximum atomic E-state index is 11.2. The van der Waals surface area contributed by atoms with E-state index in [2.05, 4.69) is 4.98 Å². The molecule has 0 radical (unpaired) electrons. The number of aromatic amines is 1. The first-order chi connectivity index (χ1) is 7.20. The SMILES string of the molecule is O=c1c(O)c[nH]c(-c2ccccc2)c1O. The molecule has 0 fully saturated rings. The van der Waals surface area contributed by atoms with E-state index in [9.17, 15) is 9.90 Å². The Morgan fingerprint density at radius 1 is 1.07 bits per heavy atom. The van der Waals surface area contributed by atoms with Crippen LogP contribution in [0.15, 0.2) is 41.3 Å². The van der Waals surface area contributed by atoms with E-state index in [4.69, 9.17) is 5.11 Å². The summed E-state index contributed by atoms with van der Waals surface area (Å²) in [6, 6.07) is 8.92. The van der Waals surface area contributed by atoms with E-state index in [1.807, 2.05) is 6.07 Å². The largest absolute Gasteiger partial charge is 0.503 e. The van der Waals surface area contributed by atoms with E-state index in [1.54, 1.807) is 24.3 Å². The van der Waals surface area contributed by atoms with Crippen molar-refractivity contribution in [2.45, 2.75) is 0 Å². The second kappa shape index (κ2) is 3.49. The lowest BCUT2D eigenvalue weighted by Crippen LogP contribution is -2.02. The van der Waals surface area contributed by atoms with Gasteiger partial charge >= 0.3 is 0 Å². The minimum Gasteiger partial charge on any atom is -0.503 e. The van der Waals surface area contributed by atoms with Gasteiger partial charge in [-0.2, -0.15) is 0 Å². The molecule has 1 aromatic carbocycles. The Hall–Kier alpha value is -2.23. The van der Waals surface area contributed by atoms with Gasteiger partial charge in [-0.05, 0) is 0 Å². The van der Waals surface area contributed by atoms with Gasteiger partial charge in [0.25, 0.3) is 5.43 Å². The van der Waals surface area contributed by atoms with Crippen molar-refractivity contribution in [2.75, 3.05) is 0 Å². The van der Waals surface area contributed by atoms with Crippen molar-refractivity contribution < 1.29 is 10.2 Å². The van der Waals surface area contributed by atoms with Crippen LogP contribution >= 0.6 is 0 Å². The van der Waals surface area contributed by atoms with Crippen molar-refractivity contribution >= 4 is 0 Å². The second-order valence-corrected chi connectivity index (χ2v) is 3.09. The van der Waals surface area contributed by atoms with Crippen LogP contribution in [0.25, 0.3) is 11.3 Å². The summed E-state index contributed by atoms with van der Waals surface area (Å²) in [7, 11) is 0. The first-order valence-corrected chi connectivity index (χ1v) is 4.39. The summed E-state index contributed by atoms with van der Waals surface area (Å²) >= 11 is 0. The quantitative estimate of drug-likeness (QED) is 0.656. The van der Waals surface area contributed by atoms with Gasteiger partial charge in [-0.3, -0.25) is 4.79 Å². The highest BCUT2D eigenvalue weighted by atomic mass is 16.3. The molecule has 2 aromatic rings. The zero-order valence-corrected chi connectivity index (χ0v) is 7.77. The Balaban J connectivity index is 2.66. The minimum atomic E-state index is -0.771. The fourth-order valence-electron chi connectivity index (χ4n) is 1.33. The van der Waals surface area contributed by atoms with Gasteiger partial charge in [-0.15, -0.1) is 0 Å². The van der Waals surface area contributed by atoms with Gasteiger partial charge in [0, 0.05) is 11.8 Å². The molecule has 0 aliphatic carbocycles. The van der Waals surface area contributed by atoms with Gasteiger partial charge in [0.2, 0.25) is 0 Å². The van der Waals surface area contributed by atoms with Crippen LogP contribution in [0.2, 0.25) is 0 Å². The number of hydrogen-bond donors (Lipinski definition) is 3. The summed E-state index contributed by atoms with van der Waals surface area (Å²) in [5.74, 6) is -0.964. The van der Waals surface area contributed by atoms with E-state index in [-0.39, 0.29) is 0 Å². The topological polar surface area (TPSA) is 73.3 Å². The molecule has 15 heavy (non-hydrogen) atoms. The van der Waals surface area contributed by atoms with Crippen molar-refractivity contribution in [3.05, 3.63) is 46.8 Å². The monoisotopic (exact) mass is 203 g/mol. The summed E-state index contributed by atoms with van der Waals surface area (Å²) in [4.78, 5) is 13.9. The van der Waals surface area contributed by atoms with E-state index in [0.29, 0.717) is 11.3 Å². The highest BCUT2D eigenvalue weighted by Gasteiger charge is 2.10. The van der Waals surface area contributed by atoms with E-state index in [0.717, 1.165) is 6.20 Å². The molecule has 4 heteroatoms. The van der Waals surface area contributed by atoms with E-state index < -0.39 is 16.9 Å². The third kappa shape index (κ3) is 1.57. The standard InChI is InChI=1S/C11H9NO3/c13-8-6-12-9(11(15)10(8)14)7-4-2-1-3-5-7/h1-6,13,15H,(H,12,14). The molecule has 0 unspecified atom stereocenters. The van der Waals surface area contributed by atoms with Crippen molar-refractivity contribution in [2.24, 2.45) is 0 Å². The Morgan fingerprint density at radius 3 is 2.40 bits per heavy atom. The summed E-state index contributed by atoms with van der Waals surface area (Å²) in [6.45, 7) is 0. The van der Waals surface area contributed by atoms with Crippen molar-refractivity contribution in [3.8, 4) is 22.8 Å². The number of aromatic nitrogens is 1. The number of nitrogens with one attached hydrogen (secondary N) is 1. The summed E-state index contributed by atoms with van der Waals surface area (Å²) in [5.41, 5.74) is 0.220. The third-order valence-electron chi connectivity index (χ3n) is 2.10. The highest BCUT2D eigenvalue weighted by Crippen LogP contribution is 2.24. The van der Waals surface area contributed by atoms with E-state index >= 15 is 0 Å². The van der Waals surface area contributed by atoms with Crippen LogP contribution in [0.1, 0.15) is 0 Å². The van der Waals surface area contributed by atoms with Crippen LogP contribution in [0, 0.1) is 0 Å². The fraction of sp³-hybridized carbons (Fsp3) is 0. The van der Waals surface area contributed by atoms with Crippen LogP contribution in [0.4, 0.5) is 0 Å². The number of hydrogen-bond acceptors (Lipinski definition) is 3. The zero-order valence-electron chi connectivity index (χ0n) is 7.77. The molecule has 1 aromatic heterocycles. The zero-order chi connectivity index (χ0) is 10.8. The molecule has 3 N–H and O–H groups in total. The van der Waals surface area contributed by atoms with Crippen LogP contribution in [-0.4, -0.2) is 15.2 Å². The molecule has 0 atom stereocenters. The molecule has 0 saturated heterocycles. The van der Waals surface area contributed by atoms with Gasteiger partial charge in [0.1, 0.15) is 0 Å². The maximum absolute atomic E-state index is 11.2. The van der Waals surface area contributed by atoms with Crippen LogP contribution in [-0.2, 0) is 0 Å². The lowest BCUT2D eigenvalue weighted by molar-refractivity contribution is 0.439. The average molecular weight is 203 g/mol. The lowest BCUT2D eigenvalue weighted by atomic mass is 10.1. The van der Waals surface area contributed by atoms with Crippen LogP contribution in [0.3, 0.4) is 0 Å². The average Bonchev–Trinajstić information content (AvgIpc) is 2.27. The first-order valence-electron chi connectivity index (χ1n) is 4.39. The van der Waals surface area contributed by atoms with Gasteiger partial charge in [-0.25, -0.2) is 0 Å². The number of aromatic hydroxyl groups is 2. The maximum Gasteiger partial charge on any atom is 0.265 e. The highest BCUT2D eigenvalue weighted by molar-refractivity contribution is 5.66. The summed E-state index contributed by atoms with van der Waals surface area (Å²) < 4.78 is 0. The molecule has 4 nitrogen and oxygen atoms in total. The van der Waals surface area contributed by atoms with E-state index in [1.165, 1.54) is 0 Å². The molecule has 1 heterocycles. The van der Waals surface area contributed by atoms with Crippen LogP contribution in [0.5, 0.6) is 11.5 Å². The molecule has 0 saturated carbocycles. The number of H-pyrrole nitrogens is 1. The molecular formula is C11H9NO3. The van der Waals surface area contributed by atoms with Gasteiger partial charge in [0.15, 0.2) is 11.5 Å². The second-order valence-electron chi connectivity index (χ2n) is 3.09.